The number of nitrogens with one attached hydrogen (secondary N) is 1. The summed E-state index contributed by atoms with van der Waals surface area (Å²) >= 11 is 7.38. The monoisotopic (exact) mass is 337 g/mol. The quantitative estimate of drug-likeness (QED) is 0.899. The van der Waals surface area contributed by atoms with Gasteiger partial charge in [0.05, 0.1) is 10.7 Å². The van der Waals surface area contributed by atoms with Crippen LogP contribution in [0.15, 0.2) is 24.3 Å². The average Bonchev–Trinajstić information content (AvgIpc) is 2.80. The smallest absolute Gasteiger partial charge is 0.264 e. The molecule has 22 heavy (non-hydrogen) atoms. The number of nitrogens with zero attached hydrogens (tertiary/aromatic N) is 1. The van der Waals surface area contributed by atoms with Gasteiger partial charge in [-0.05, 0) is 26.8 Å². The number of thiazole rings is 1. The molecule has 0 unspecified atom stereocenters. The van der Waals surface area contributed by atoms with Crippen molar-refractivity contribution in [2.45, 2.75) is 26.3 Å². The number of halogens is 1. The van der Waals surface area contributed by atoms with Gasteiger partial charge >= 0.3 is 0 Å². The maximum absolute atomic E-state index is 12.3. The van der Waals surface area contributed by atoms with E-state index in [-0.39, 0.29) is 5.91 Å². The van der Waals surface area contributed by atoms with Gasteiger partial charge in [0.1, 0.15) is 15.4 Å². The summed E-state index contributed by atoms with van der Waals surface area (Å²) in [5, 5.41) is 3.84. The van der Waals surface area contributed by atoms with E-state index >= 15 is 0 Å². The van der Waals surface area contributed by atoms with Crippen molar-refractivity contribution < 1.29 is 9.59 Å². The molecule has 7 heteroatoms. The van der Waals surface area contributed by atoms with Crippen LogP contribution in [0, 0.1) is 6.92 Å². The summed E-state index contributed by atoms with van der Waals surface area (Å²) in [4.78, 5) is 28.5. The third-order valence-corrected chi connectivity index (χ3v) is 4.67. The van der Waals surface area contributed by atoms with Crippen LogP contribution in [0.2, 0.25) is 5.02 Å². The molecule has 1 aromatic heterocycles. The van der Waals surface area contributed by atoms with Crippen LogP contribution >= 0.6 is 22.9 Å². The zero-order chi connectivity index (χ0) is 16.5. The molecule has 2 aromatic rings. The topological polar surface area (TPSA) is 85.1 Å². The summed E-state index contributed by atoms with van der Waals surface area (Å²) in [6.07, 6.45) is 0. The van der Waals surface area contributed by atoms with E-state index < -0.39 is 11.4 Å². The molecule has 2 rings (SSSR count). The van der Waals surface area contributed by atoms with Gasteiger partial charge in [0.2, 0.25) is 5.91 Å². The van der Waals surface area contributed by atoms with E-state index in [1.54, 1.807) is 26.8 Å². The van der Waals surface area contributed by atoms with Crippen LogP contribution in [0.4, 0.5) is 0 Å². The second-order valence-electron chi connectivity index (χ2n) is 5.36. The van der Waals surface area contributed by atoms with E-state index in [0.29, 0.717) is 20.6 Å². The lowest BCUT2D eigenvalue weighted by atomic mass is 10.1. The number of nitrogens with two attached hydrogens (primary N) is 1. The first kappa shape index (κ1) is 16.5. The van der Waals surface area contributed by atoms with Gasteiger partial charge < -0.3 is 11.1 Å². The van der Waals surface area contributed by atoms with E-state index in [1.165, 1.54) is 11.3 Å². The highest BCUT2D eigenvalue weighted by atomic mass is 35.5. The Morgan fingerprint density at radius 1 is 1.32 bits per heavy atom. The Morgan fingerprint density at radius 2 is 1.95 bits per heavy atom. The van der Waals surface area contributed by atoms with Crippen LogP contribution in [-0.4, -0.2) is 22.3 Å². The average molecular weight is 338 g/mol. The second-order valence-corrected chi connectivity index (χ2v) is 6.76. The third-order valence-electron chi connectivity index (χ3n) is 3.15. The molecule has 0 aliphatic rings. The molecule has 2 amide bonds. The standard InChI is InChI=1S/C15H16ClN3O2S/c1-8-11(12(20)19-15(2,3)14(17)21)22-13(18-8)9-6-4-5-7-10(9)16/h4-7H,1-3H3,(H2,17,21)(H,19,20). The minimum Gasteiger partial charge on any atom is -0.368 e. The number of hydrogen-bond acceptors (Lipinski definition) is 4. The summed E-state index contributed by atoms with van der Waals surface area (Å²) in [7, 11) is 0. The zero-order valence-electron chi connectivity index (χ0n) is 12.4. The number of amides is 2. The highest BCUT2D eigenvalue weighted by Crippen LogP contribution is 2.32. The molecule has 0 radical (unpaired) electrons. The first-order valence-electron chi connectivity index (χ1n) is 6.57. The molecular weight excluding hydrogens is 322 g/mol. The normalized spacial score (nSPS) is 11.3. The number of aromatic nitrogens is 1. The van der Waals surface area contributed by atoms with E-state index in [1.807, 2.05) is 18.2 Å². The molecule has 1 aromatic carbocycles. The van der Waals surface area contributed by atoms with Gasteiger partial charge in [-0.1, -0.05) is 29.8 Å². The van der Waals surface area contributed by atoms with Gasteiger partial charge in [-0.2, -0.15) is 0 Å². The number of carbonyl (C=O) groups excluding carboxylic acids is 2. The SMILES string of the molecule is Cc1nc(-c2ccccc2Cl)sc1C(=O)NC(C)(C)C(N)=O. The fourth-order valence-electron chi connectivity index (χ4n) is 1.76. The van der Waals surface area contributed by atoms with E-state index in [2.05, 4.69) is 10.3 Å². The van der Waals surface area contributed by atoms with Gasteiger partial charge in [0, 0.05) is 5.56 Å². The molecule has 0 saturated heterocycles. The maximum atomic E-state index is 12.3. The Hall–Kier alpha value is -1.92. The molecular formula is C15H16ClN3O2S. The van der Waals surface area contributed by atoms with Gasteiger partial charge in [-0.15, -0.1) is 11.3 Å². The summed E-state index contributed by atoms with van der Waals surface area (Å²) in [5.74, 6) is -0.980. The molecule has 5 nitrogen and oxygen atoms in total. The summed E-state index contributed by atoms with van der Waals surface area (Å²) in [6, 6.07) is 7.29. The van der Waals surface area contributed by atoms with Crippen molar-refractivity contribution in [2.24, 2.45) is 5.73 Å². The predicted molar refractivity (Wildman–Crippen MR) is 88.0 cm³/mol. The molecule has 0 spiro atoms. The van der Waals surface area contributed by atoms with Crippen molar-refractivity contribution in [3.8, 4) is 10.6 Å². The van der Waals surface area contributed by atoms with Gasteiger partial charge in [-0.25, -0.2) is 4.98 Å². The van der Waals surface area contributed by atoms with Crippen LogP contribution in [-0.2, 0) is 4.79 Å². The lowest BCUT2D eigenvalue weighted by molar-refractivity contribution is -0.122. The molecule has 116 valence electrons. The van der Waals surface area contributed by atoms with Gasteiger partial charge in [0.15, 0.2) is 0 Å². The summed E-state index contributed by atoms with van der Waals surface area (Å²) in [6.45, 7) is 4.85. The van der Waals surface area contributed by atoms with Crippen molar-refractivity contribution in [1.82, 2.24) is 10.3 Å². The molecule has 3 N–H and O–H groups in total. The molecule has 0 aliphatic heterocycles. The van der Waals surface area contributed by atoms with Crippen LogP contribution in [0.25, 0.3) is 10.6 Å². The summed E-state index contributed by atoms with van der Waals surface area (Å²) < 4.78 is 0. The third kappa shape index (κ3) is 3.28. The Balaban J connectivity index is 2.33. The van der Waals surface area contributed by atoms with Crippen molar-refractivity contribution in [3.63, 3.8) is 0 Å². The molecule has 0 saturated carbocycles. The number of primary amides is 1. The Labute approximate surface area is 137 Å². The maximum Gasteiger partial charge on any atom is 0.264 e. The fraction of sp³-hybridized carbons (Fsp3) is 0.267. The Bertz CT molecular complexity index is 740. The first-order valence-corrected chi connectivity index (χ1v) is 7.76. The van der Waals surface area contributed by atoms with Crippen LogP contribution in [0.1, 0.15) is 29.2 Å². The van der Waals surface area contributed by atoms with Crippen LogP contribution in [0.3, 0.4) is 0 Å². The highest BCUT2D eigenvalue weighted by molar-refractivity contribution is 7.17. The summed E-state index contributed by atoms with van der Waals surface area (Å²) in [5.41, 5.74) is 5.49. The van der Waals surface area contributed by atoms with Gasteiger partial charge in [-0.3, -0.25) is 9.59 Å². The number of hydrogen-bond donors (Lipinski definition) is 2. The molecule has 0 fully saturated rings. The Kier molecular flexibility index (Phi) is 4.53. The molecule has 0 aliphatic carbocycles. The molecule has 0 bridgehead atoms. The lowest BCUT2D eigenvalue weighted by Crippen LogP contribution is -2.52. The minimum atomic E-state index is -1.13. The van der Waals surface area contributed by atoms with E-state index in [4.69, 9.17) is 17.3 Å². The first-order chi connectivity index (χ1) is 10.2. The van der Waals surface area contributed by atoms with Gasteiger partial charge in [0.25, 0.3) is 5.91 Å². The number of carbonyl (C=O) groups is 2. The fourth-order valence-corrected chi connectivity index (χ4v) is 3.04. The minimum absolute atomic E-state index is 0.378. The van der Waals surface area contributed by atoms with E-state index in [0.717, 1.165) is 5.56 Å². The molecule has 1 heterocycles. The van der Waals surface area contributed by atoms with Crippen LogP contribution in [0.5, 0.6) is 0 Å². The lowest BCUT2D eigenvalue weighted by Gasteiger charge is -2.21. The zero-order valence-corrected chi connectivity index (χ0v) is 14.0. The predicted octanol–water partition coefficient (Wildman–Crippen LogP) is 2.77. The number of benzene rings is 1. The van der Waals surface area contributed by atoms with Crippen molar-refractivity contribution >= 4 is 34.8 Å². The highest BCUT2D eigenvalue weighted by Gasteiger charge is 2.29. The largest absolute Gasteiger partial charge is 0.368 e. The van der Waals surface area contributed by atoms with Crippen molar-refractivity contribution in [2.75, 3.05) is 0 Å². The van der Waals surface area contributed by atoms with Crippen molar-refractivity contribution in [3.05, 3.63) is 39.9 Å². The molecule has 0 atom stereocenters. The van der Waals surface area contributed by atoms with Crippen LogP contribution < -0.4 is 11.1 Å². The van der Waals surface area contributed by atoms with Crippen molar-refractivity contribution in [1.29, 1.82) is 0 Å². The number of rotatable bonds is 4. The van der Waals surface area contributed by atoms with E-state index in [9.17, 15) is 9.59 Å². The Morgan fingerprint density at radius 3 is 2.55 bits per heavy atom. The second kappa shape index (κ2) is 6.06. The number of aryl methyl sites for hydroxylation is 1.